The van der Waals surface area contributed by atoms with Gasteiger partial charge in [0, 0.05) is 0 Å². The summed E-state index contributed by atoms with van der Waals surface area (Å²) in [5.41, 5.74) is 2.50. The SMILES string of the molecule is CCCC(O)C1CCC(c2ccc(OCc3ccc(-c4ccc(O)c(F)c4)cc3)c(F)c2F)CC1. The number of aromatic hydroxyl groups is 1. The molecule has 0 radical (unpaired) electrons. The zero-order valence-corrected chi connectivity index (χ0v) is 19.8. The van der Waals surface area contributed by atoms with Crippen molar-refractivity contribution in [3.63, 3.8) is 0 Å². The molecule has 6 heteroatoms. The number of hydrogen-bond acceptors (Lipinski definition) is 3. The second-order valence-corrected chi connectivity index (χ2v) is 9.40. The first kappa shape index (κ1) is 25.1. The van der Waals surface area contributed by atoms with E-state index in [1.54, 1.807) is 36.4 Å². The molecule has 1 saturated carbocycles. The van der Waals surface area contributed by atoms with Gasteiger partial charge in [0.15, 0.2) is 23.1 Å². The quantitative estimate of drug-likeness (QED) is 0.348. The topological polar surface area (TPSA) is 49.7 Å². The molecule has 0 saturated heterocycles. The molecule has 0 bridgehead atoms. The summed E-state index contributed by atoms with van der Waals surface area (Å²) in [4.78, 5) is 0. The van der Waals surface area contributed by atoms with E-state index >= 15 is 0 Å². The molecule has 0 aromatic heterocycles. The molecule has 1 fully saturated rings. The van der Waals surface area contributed by atoms with Gasteiger partial charge in [-0.1, -0.05) is 49.7 Å². The Morgan fingerprint density at radius 3 is 2.23 bits per heavy atom. The van der Waals surface area contributed by atoms with Crippen molar-refractivity contribution < 1.29 is 28.1 Å². The van der Waals surface area contributed by atoms with Crippen LogP contribution in [0.5, 0.6) is 11.5 Å². The summed E-state index contributed by atoms with van der Waals surface area (Å²) in [6, 6.07) is 14.4. The fraction of sp³-hybridized carbons (Fsp3) is 0.379. The largest absolute Gasteiger partial charge is 0.505 e. The summed E-state index contributed by atoms with van der Waals surface area (Å²) >= 11 is 0. The first-order valence-electron chi connectivity index (χ1n) is 12.2. The van der Waals surface area contributed by atoms with E-state index in [4.69, 9.17) is 4.74 Å². The summed E-state index contributed by atoms with van der Waals surface area (Å²) in [6.07, 6.45) is 4.51. The third kappa shape index (κ3) is 5.81. The Labute approximate surface area is 204 Å². The van der Waals surface area contributed by atoms with Crippen LogP contribution in [0.4, 0.5) is 13.2 Å². The van der Waals surface area contributed by atoms with Crippen molar-refractivity contribution in [3.8, 4) is 22.6 Å². The zero-order chi connectivity index (χ0) is 24.9. The Balaban J connectivity index is 1.37. The molecule has 0 heterocycles. The number of rotatable bonds is 8. The van der Waals surface area contributed by atoms with Crippen LogP contribution in [0.25, 0.3) is 11.1 Å². The summed E-state index contributed by atoms with van der Waals surface area (Å²) < 4.78 is 48.8. The monoisotopic (exact) mass is 484 g/mol. The minimum Gasteiger partial charge on any atom is -0.505 e. The maximum Gasteiger partial charge on any atom is 0.200 e. The van der Waals surface area contributed by atoms with E-state index in [-0.39, 0.29) is 30.3 Å². The number of phenols is 1. The molecule has 0 aliphatic heterocycles. The molecule has 0 amide bonds. The van der Waals surface area contributed by atoms with Gasteiger partial charge in [0.25, 0.3) is 0 Å². The van der Waals surface area contributed by atoms with Crippen molar-refractivity contribution in [2.75, 3.05) is 0 Å². The molecule has 186 valence electrons. The van der Waals surface area contributed by atoms with E-state index in [0.29, 0.717) is 11.1 Å². The van der Waals surface area contributed by atoms with Crippen molar-refractivity contribution in [2.24, 2.45) is 5.92 Å². The summed E-state index contributed by atoms with van der Waals surface area (Å²) in [7, 11) is 0. The van der Waals surface area contributed by atoms with Gasteiger partial charge >= 0.3 is 0 Å². The van der Waals surface area contributed by atoms with Crippen LogP contribution in [0.2, 0.25) is 0 Å². The van der Waals surface area contributed by atoms with Gasteiger partial charge < -0.3 is 14.9 Å². The molecular formula is C29H31F3O3. The van der Waals surface area contributed by atoms with Crippen molar-refractivity contribution in [2.45, 2.75) is 64.1 Å². The van der Waals surface area contributed by atoms with Crippen LogP contribution in [0.15, 0.2) is 54.6 Å². The minimum atomic E-state index is -0.980. The second kappa shape index (κ2) is 11.2. The van der Waals surface area contributed by atoms with Crippen LogP contribution in [0.1, 0.15) is 62.5 Å². The molecule has 1 atom stereocenters. The van der Waals surface area contributed by atoms with E-state index in [1.807, 2.05) is 6.92 Å². The number of hydrogen-bond donors (Lipinski definition) is 2. The average Bonchev–Trinajstić information content (AvgIpc) is 2.87. The second-order valence-electron chi connectivity index (χ2n) is 9.40. The lowest BCUT2D eigenvalue weighted by Crippen LogP contribution is -2.25. The highest BCUT2D eigenvalue weighted by Gasteiger charge is 2.29. The molecule has 2 N–H and O–H groups in total. The number of ether oxygens (including phenoxy) is 1. The van der Waals surface area contributed by atoms with E-state index in [0.717, 1.165) is 49.7 Å². The van der Waals surface area contributed by atoms with Crippen LogP contribution in [-0.2, 0) is 6.61 Å². The van der Waals surface area contributed by atoms with Crippen molar-refractivity contribution in [1.29, 1.82) is 0 Å². The number of halogens is 3. The molecule has 0 spiro atoms. The van der Waals surface area contributed by atoms with Crippen molar-refractivity contribution in [1.82, 2.24) is 0 Å². The van der Waals surface area contributed by atoms with Gasteiger partial charge in [-0.15, -0.1) is 0 Å². The maximum atomic E-state index is 14.9. The van der Waals surface area contributed by atoms with E-state index in [1.165, 1.54) is 18.2 Å². The fourth-order valence-electron chi connectivity index (χ4n) is 4.96. The molecule has 3 nitrogen and oxygen atoms in total. The van der Waals surface area contributed by atoms with Gasteiger partial charge in [0.1, 0.15) is 6.61 Å². The highest BCUT2D eigenvalue weighted by Crippen LogP contribution is 2.40. The smallest absolute Gasteiger partial charge is 0.200 e. The van der Waals surface area contributed by atoms with Crippen LogP contribution >= 0.6 is 0 Å². The third-order valence-corrected chi connectivity index (χ3v) is 7.05. The lowest BCUT2D eigenvalue weighted by Gasteiger charge is -2.32. The third-order valence-electron chi connectivity index (χ3n) is 7.05. The number of aliphatic hydroxyl groups is 1. The summed E-state index contributed by atoms with van der Waals surface area (Å²) in [6.45, 7) is 2.10. The van der Waals surface area contributed by atoms with Crippen LogP contribution in [-0.4, -0.2) is 16.3 Å². The Hall–Kier alpha value is -2.99. The predicted octanol–water partition coefficient (Wildman–Crippen LogP) is 7.49. The molecule has 3 aromatic carbocycles. The molecule has 1 aliphatic rings. The van der Waals surface area contributed by atoms with Crippen molar-refractivity contribution >= 4 is 0 Å². The van der Waals surface area contributed by atoms with Gasteiger partial charge in [-0.05, 0) is 84.4 Å². The lowest BCUT2D eigenvalue weighted by molar-refractivity contribution is 0.0727. The van der Waals surface area contributed by atoms with Gasteiger partial charge in [-0.2, -0.15) is 4.39 Å². The number of benzene rings is 3. The Kier molecular flexibility index (Phi) is 8.01. The number of phenolic OH excluding ortho intramolecular Hbond substituents is 1. The average molecular weight is 485 g/mol. The molecule has 1 aliphatic carbocycles. The fourth-order valence-corrected chi connectivity index (χ4v) is 4.96. The summed E-state index contributed by atoms with van der Waals surface area (Å²) in [5.74, 6) is -2.89. The molecule has 35 heavy (non-hydrogen) atoms. The minimum absolute atomic E-state index is 0.0547. The van der Waals surface area contributed by atoms with Crippen LogP contribution in [0.3, 0.4) is 0 Å². The highest BCUT2D eigenvalue weighted by atomic mass is 19.2. The van der Waals surface area contributed by atoms with Gasteiger partial charge in [0.2, 0.25) is 5.82 Å². The lowest BCUT2D eigenvalue weighted by atomic mass is 9.76. The van der Waals surface area contributed by atoms with E-state index < -0.39 is 23.2 Å². The Bertz CT molecular complexity index is 1140. The Morgan fingerprint density at radius 1 is 0.886 bits per heavy atom. The van der Waals surface area contributed by atoms with E-state index in [9.17, 15) is 23.4 Å². The van der Waals surface area contributed by atoms with Gasteiger partial charge in [0.05, 0.1) is 6.10 Å². The standard InChI is InChI=1S/C29H31F3O3/c1-2-3-25(33)21-10-8-20(9-11-21)23-13-15-27(29(32)28(23)31)35-17-18-4-6-19(7-5-18)22-12-14-26(34)24(30)16-22/h4-7,12-16,20-21,25,33-34H,2-3,8-11,17H2,1H3. The zero-order valence-electron chi connectivity index (χ0n) is 19.8. The molecular weight excluding hydrogens is 453 g/mol. The van der Waals surface area contributed by atoms with Crippen LogP contribution in [0, 0.1) is 23.4 Å². The predicted molar refractivity (Wildman–Crippen MR) is 130 cm³/mol. The van der Waals surface area contributed by atoms with Gasteiger partial charge in [-0.25, -0.2) is 8.78 Å². The molecule has 3 aromatic rings. The van der Waals surface area contributed by atoms with E-state index in [2.05, 4.69) is 0 Å². The summed E-state index contributed by atoms with van der Waals surface area (Å²) in [5, 5.41) is 19.6. The molecule has 4 rings (SSSR count). The molecule has 1 unspecified atom stereocenters. The highest BCUT2D eigenvalue weighted by molar-refractivity contribution is 5.64. The normalized spacial score (nSPS) is 18.9. The van der Waals surface area contributed by atoms with Crippen molar-refractivity contribution in [3.05, 3.63) is 83.2 Å². The maximum absolute atomic E-state index is 14.9. The van der Waals surface area contributed by atoms with Crippen LogP contribution < -0.4 is 4.74 Å². The van der Waals surface area contributed by atoms with Gasteiger partial charge in [-0.3, -0.25) is 0 Å². The number of aliphatic hydroxyl groups excluding tert-OH is 1. The Morgan fingerprint density at radius 2 is 1.57 bits per heavy atom. The first-order valence-corrected chi connectivity index (χ1v) is 12.2. The first-order chi connectivity index (χ1) is 16.9.